The topological polar surface area (TPSA) is 84.5 Å². The molecule has 0 spiro atoms. The van der Waals surface area contributed by atoms with Crippen LogP contribution in [0, 0.1) is 5.82 Å². The molecule has 2 aromatic rings. The smallest absolute Gasteiger partial charge is 0.224 e. The van der Waals surface area contributed by atoms with Gasteiger partial charge in [0.1, 0.15) is 11.6 Å². The lowest BCUT2D eigenvalue weighted by Crippen LogP contribution is -2.14. The van der Waals surface area contributed by atoms with E-state index in [-0.39, 0.29) is 30.2 Å². The minimum Gasteiger partial charge on any atom is -0.494 e. The first-order chi connectivity index (χ1) is 14.4. The maximum absolute atomic E-state index is 13.7. The van der Waals surface area contributed by atoms with Crippen LogP contribution >= 0.6 is 0 Å². The Morgan fingerprint density at radius 3 is 2.37 bits per heavy atom. The number of rotatable bonds is 11. The predicted molar refractivity (Wildman–Crippen MR) is 114 cm³/mol. The van der Waals surface area contributed by atoms with Gasteiger partial charge >= 0.3 is 0 Å². The Hall–Kier alpha value is -3.22. The Morgan fingerprint density at radius 1 is 0.967 bits per heavy atom. The van der Waals surface area contributed by atoms with Gasteiger partial charge in [0, 0.05) is 31.0 Å². The van der Waals surface area contributed by atoms with Crippen molar-refractivity contribution in [1.29, 1.82) is 0 Å². The van der Waals surface area contributed by atoms with E-state index in [9.17, 15) is 18.8 Å². The zero-order valence-corrected chi connectivity index (χ0v) is 17.3. The maximum Gasteiger partial charge on any atom is 0.224 e. The first-order valence-corrected chi connectivity index (χ1v) is 10.0. The molecule has 2 rings (SSSR count). The summed E-state index contributed by atoms with van der Waals surface area (Å²) in [5.74, 6) is -0.830. The van der Waals surface area contributed by atoms with E-state index in [4.69, 9.17) is 4.74 Å². The molecule has 0 fully saturated rings. The van der Waals surface area contributed by atoms with Crippen LogP contribution in [0.25, 0.3) is 0 Å². The molecular weight excluding hydrogens is 387 g/mol. The maximum atomic E-state index is 13.7. The molecule has 6 nitrogen and oxygen atoms in total. The summed E-state index contributed by atoms with van der Waals surface area (Å²) in [4.78, 5) is 35.5. The van der Waals surface area contributed by atoms with Crippen molar-refractivity contribution >= 4 is 29.0 Å². The van der Waals surface area contributed by atoms with E-state index in [1.54, 1.807) is 24.3 Å². The summed E-state index contributed by atoms with van der Waals surface area (Å²) in [6.45, 7) is 4.04. The first kappa shape index (κ1) is 23.1. The first-order valence-electron chi connectivity index (χ1n) is 10.0. The molecule has 0 saturated heterocycles. The van der Waals surface area contributed by atoms with E-state index in [1.807, 2.05) is 0 Å². The Balaban J connectivity index is 1.83. The fourth-order valence-electron chi connectivity index (χ4n) is 2.76. The number of hydrogen-bond donors (Lipinski definition) is 2. The molecule has 7 heteroatoms. The average molecular weight is 414 g/mol. The zero-order chi connectivity index (χ0) is 21.9. The monoisotopic (exact) mass is 414 g/mol. The highest BCUT2D eigenvalue weighted by Gasteiger charge is 2.11. The highest BCUT2D eigenvalue weighted by molar-refractivity contribution is 6.00. The molecule has 0 radical (unpaired) electrons. The van der Waals surface area contributed by atoms with Crippen molar-refractivity contribution in [1.82, 2.24) is 0 Å². The van der Waals surface area contributed by atoms with E-state index < -0.39 is 11.7 Å². The number of carbonyl (C=O) groups excluding carboxylic acids is 3. The highest BCUT2D eigenvalue weighted by Crippen LogP contribution is 2.20. The van der Waals surface area contributed by atoms with Crippen LogP contribution in [0.4, 0.5) is 15.8 Å². The number of benzene rings is 2. The number of carbonyl (C=O) groups is 3. The molecule has 2 N–H and O–H groups in total. The molecule has 0 heterocycles. The van der Waals surface area contributed by atoms with Crippen LogP contribution in [0.1, 0.15) is 56.3 Å². The third kappa shape index (κ3) is 7.66. The lowest BCUT2D eigenvalue weighted by molar-refractivity contribution is -0.116. The van der Waals surface area contributed by atoms with Gasteiger partial charge < -0.3 is 15.4 Å². The average Bonchev–Trinajstić information content (AvgIpc) is 2.72. The minimum atomic E-state index is -0.601. The molecule has 0 bridgehead atoms. The van der Waals surface area contributed by atoms with Crippen molar-refractivity contribution < 1.29 is 23.5 Å². The molecule has 0 aliphatic carbocycles. The SMILES string of the molecule is CCCCCOc1ccc(C(=O)CCC(=O)Nc2ccc(F)c(NC(C)=O)c2)cc1. The summed E-state index contributed by atoms with van der Waals surface area (Å²) in [6, 6.07) is 10.7. The largest absolute Gasteiger partial charge is 0.494 e. The Morgan fingerprint density at radius 2 is 1.70 bits per heavy atom. The van der Waals surface area contributed by atoms with Crippen molar-refractivity contribution in [3.63, 3.8) is 0 Å². The number of hydrogen-bond acceptors (Lipinski definition) is 4. The predicted octanol–water partition coefficient (Wildman–Crippen LogP) is 4.95. The van der Waals surface area contributed by atoms with Gasteiger partial charge in [0.2, 0.25) is 11.8 Å². The van der Waals surface area contributed by atoms with E-state index >= 15 is 0 Å². The number of ether oxygens (including phenoxy) is 1. The fraction of sp³-hybridized carbons (Fsp3) is 0.348. The van der Waals surface area contributed by atoms with Crippen molar-refractivity contribution in [2.24, 2.45) is 0 Å². The second kappa shape index (κ2) is 11.7. The third-order valence-electron chi connectivity index (χ3n) is 4.33. The van der Waals surface area contributed by atoms with E-state index in [0.717, 1.165) is 25.3 Å². The summed E-state index contributed by atoms with van der Waals surface area (Å²) < 4.78 is 19.3. The van der Waals surface area contributed by atoms with Crippen molar-refractivity contribution in [2.75, 3.05) is 17.2 Å². The van der Waals surface area contributed by atoms with Gasteiger partial charge in [0.05, 0.1) is 12.3 Å². The molecule has 2 amide bonds. The van der Waals surface area contributed by atoms with Crippen molar-refractivity contribution in [2.45, 2.75) is 46.0 Å². The van der Waals surface area contributed by atoms with Crippen molar-refractivity contribution in [3.8, 4) is 5.75 Å². The molecule has 0 unspecified atom stereocenters. The van der Waals surface area contributed by atoms with Crippen LogP contribution in [-0.4, -0.2) is 24.2 Å². The molecule has 30 heavy (non-hydrogen) atoms. The van der Waals surface area contributed by atoms with Crippen LogP contribution in [0.2, 0.25) is 0 Å². The normalized spacial score (nSPS) is 10.4. The summed E-state index contributed by atoms with van der Waals surface area (Å²) >= 11 is 0. The second-order valence-corrected chi connectivity index (χ2v) is 6.93. The highest BCUT2D eigenvalue weighted by atomic mass is 19.1. The lowest BCUT2D eigenvalue weighted by atomic mass is 10.1. The van der Waals surface area contributed by atoms with Gasteiger partial charge in [-0.2, -0.15) is 0 Å². The number of nitrogens with one attached hydrogen (secondary N) is 2. The fourth-order valence-corrected chi connectivity index (χ4v) is 2.76. The standard InChI is InChI=1S/C23H27FN2O4/c1-3-4-5-14-30-19-9-6-17(7-10-19)22(28)12-13-23(29)26-18-8-11-20(24)21(15-18)25-16(2)27/h6-11,15H,3-5,12-14H2,1-2H3,(H,25,27)(H,26,29). The summed E-state index contributed by atoms with van der Waals surface area (Å²) in [7, 11) is 0. The van der Waals surface area contributed by atoms with Gasteiger partial charge in [-0.1, -0.05) is 19.8 Å². The van der Waals surface area contributed by atoms with Gasteiger partial charge in [0.15, 0.2) is 5.78 Å². The van der Waals surface area contributed by atoms with E-state index in [0.29, 0.717) is 23.6 Å². The summed E-state index contributed by atoms with van der Waals surface area (Å²) in [5, 5.41) is 4.96. The number of unbranched alkanes of at least 4 members (excludes halogenated alkanes) is 2. The summed E-state index contributed by atoms with van der Waals surface area (Å²) in [6.07, 6.45) is 3.27. The second-order valence-electron chi connectivity index (χ2n) is 6.93. The van der Waals surface area contributed by atoms with Crippen LogP contribution in [-0.2, 0) is 9.59 Å². The quantitative estimate of drug-likeness (QED) is 0.402. The lowest BCUT2D eigenvalue weighted by Gasteiger charge is -2.09. The van der Waals surface area contributed by atoms with Gasteiger partial charge in [0.25, 0.3) is 0 Å². The Labute approximate surface area is 175 Å². The van der Waals surface area contributed by atoms with Gasteiger partial charge in [-0.05, 0) is 48.9 Å². The van der Waals surface area contributed by atoms with Crippen LogP contribution in [0.15, 0.2) is 42.5 Å². The zero-order valence-electron chi connectivity index (χ0n) is 17.3. The molecule has 0 saturated carbocycles. The summed E-state index contributed by atoms with van der Waals surface area (Å²) in [5.41, 5.74) is 0.828. The molecule has 0 aliphatic heterocycles. The molecule has 0 aliphatic rings. The number of Topliss-reactive ketones (excluding diaryl/α,β-unsaturated/α-hetero) is 1. The van der Waals surface area contributed by atoms with Gasteiger partial charge in [-0.3, -0.25) is 14.4 Å². The van der Waals surface area contributed by atoms with Crippen LogP contribution in [0.3, 0.4) is 0 Å². The molecule has 2 aromatic carbocycles. The molecule has 160 valence electrons. The molecule has 0 aromatic heterocycles. The number of ketones is 1. The van der Waals surface area contributed by atoms with Crippen LogP contribution < -0.4 is 15.4 Å². The molecular formula is C23H27FN2O4. The number of halogens is 1. The number of anilines is 2. The third-order valence-corrected chi connectivity index (χ3v) is 4.33. The van der Waals surface area contributed by atoms with Crippen LogP contribution in [0.5, 0.6) is 5.75 Å². The molecule has 0 atom stereocenters. The van der Waals surface area contributed by atoms with Gasteiger partial charge in [-0.15, -0.1) is 0 Å². The van der Waals surface area contributed by atoms with Crippen molar-refractivity contribution in [3.05, 3.63) is 53.8 Å². The Kier molecular flexibility index (Phi) is 9.00. The Bertz CT molecular complexity index is 881. The minimum absolute atomic E-state index is 0.0129. The van der Waals surface area contributed by atoms with E-state index in [2.05, 4.69) is 17.6 Å². The van der Waals surface area contributed by atoms with Gasteiger partial charge in [-0.25, -0.2) is 4.39 Å². The van der Waals surface area contributed by atoms with E-state index in [1.165, 1.54) is 19.1 Å². The number of amides is 2.